The Morgan fingerprint density at radius 1 is 1.35 bits per heavy atom. The van der Waals surface area contributed by atoms with Gasteiger partial charge in [-0.25, -0.2) is 0 Å². The summed E-state index contributed by atoms with van der Waals surface area (Å²) < 4.78 is 5.63. The predicted octanol–water partition coefficient (Wildman–Crippen LogP) is 2.14. The maximum Gasteiger partial charge on any atom is 0.119 e. The highest BCUT2D eigenvalue weighted by atomic mass is 35.5. The lowest BCUT2D eigenvalue weighted by Crippen LogP contribution is -2.28. The molecule has 2 N–H and O–H groups in total. The van der Waals surface area contributed by atoms with Crippen LogP contribution in [0.15, 0.2) is 24.3 Å². The molecule has 0 unspecified atom stereocenters. The minimum absolute atomic E-state index is 0.368. The molecule has 17 heavy (non-hydrogen) atoms. The molecule has 1 atom stereocenters. The molecule has 1 aliphatic heterocycles. The van der Waals surface area contributed by atoms with Gasteiger partial charge in [-0.05, 0) is 43.7 Å². The fourth-order valence-corrected chi connectivity index (χ4v) is 2.20. The highest BCUT2D eigenvalue weighted by Crippen LogP contribution is 2.15. The van der Waals surface area contributed by atoms with E-state index >= 15 is 0 Å². The number of likely N-dealkylation sites (tertiary alicyclic amines) is 1. The maximum atomic E-state index is 5.85. The van der Waals surface area contributed by atoms with Crippen molar-refractivity contribution in [3.05, 3.63) is 29.3 Å². The van der Waals surface area contributed by atoms with Gasteiger partial charge in [0, 0.05) is 24.2 Å². The van der Waals surface area contributed by atoms with Crippen molar-refractivity contribution < 1.29 is 4.74 Å². The van der Waals surface area contributed by atoms with Gasteiger partial charge in [0.15, 0.2) is 0 Å². The normalized spacial score (nSPS) is 20.7. The highest BCUT2D eigenvalue weighted by molar-refractivity contribution is 6.30. The monoisotopic (exact) mass is 254 g/mol. The van der Waals surface area contributed by atoms with E-state index in [1.807, 2.05) is 24.3 Å². The van der Waals surface area contributed by atoms with Crippen molar-refractivity contribution in [3.8, 4) is 5.75 Å². The van der Waals surface area contributed by atoms with Crippen LogP contribution < -0.4 is 10.5 Å². The van der Waals surface area contributed by atoms with Crippen LogP contribution >= 0.6 is 11.6 Å². The standard InChI is InChI=1S/C13H19ClN2O/c14-11-2-4-13(5-3-11)17-9-1-7-16-8-6-12(15)10-16/h2-5,12H,1,6-10,15H2/t12-/m0/s1. The van der Waals surface area contributed by atoms with Gasteiger partial charge in [-0.3, -0.25) is 0 Å². The zero-order valence-corrected chi connectivity index (χ0v) is 10.7. The summed E-state index contributed by atoms with van der Waals surface area (Å²) in [6.07, 6.45) is 2.16. The second kappa shape index (κ2) is 6.24. The molecule has 1 heterocycles. The van der Waals surface area contributed by atoms with Crippen molar-refractivity contribution in [2.75, 3.05) is 26.2 Å². The van der Waals surface area contributed by atoms with Gasteiger partial charge in [0.25, 0.3) is 0 Å². The molecular formula is C13H19ClN2O. The number of hydrogen-bond donors (Lipinski definition) is 1. The minimum Gasteiger partial charge on any atom is -0.494 e. The number of nitrogens with zero attached hydrogens (tertiary/aromatic N) is 1. The van der Waals surface area contributed by atoms with Gasteiger partial charge >= 0.3 is 0 Å². The Kier molecular flexibility index (Phi) is 4.66. The lowest BCUT2D eigenvalue weighted by molar-refractivity contribution is 0.262. The zero-order valence-electron chi connectivity index (χ0n) is 9.94. The third kappa shape index (κ3) is 4.19. The van der Waals surface area contributed by atoms with E-state index < -0.39 is 0 Å². The Morgan fingerprint density at radius 3 is 2.76 bits per heavy atom. The molecule has 1 fully saturated rings. The maximum absolute atomic E-state index is 5.85. The fourth-order valence-electron chi connectivity index (χ4n) is 2.07. The van der Waals surface area contributed by atoms with Crippen molar-refractivity contribution in [1.29, 1.82) is 0 Å². The zero-order chi connectivity index (χ0) is 12.1. The van der Waals surface area contributed by atoms with Crippen molar-refractivity contribution in [2.24, 2.45) is 5.73 Å². The molecule has 1 aliphatic rings. The number of hydrogen-bond acceptors (Lipinski definition) is 3. The molecule has 1 aromatic rings. The van der Waals surface area contributed by atoms with Crippen molar-refractivity contribution in [2.45, 2.75) is 18.9 Å². The summed E-state index contributed by atoms with van der Waals surface area (Å²) in [5.41, 5.74) is 5.85. The van der Waals surface area contributed by atoms with Gasteiger partial charge in [-0.2, -0.15) is 0 Å². The number of ether oxygens (including phenoxy) is 1. The van der Waals surface area contributed by atoms with E-state index in [4.69, 9.17) is 22.1 Å². The predicted molar refractivity (Wildman–Crippen MR) is 70.6 cm³/mol. The Labute approximate surface area is 107 Å². The molecule has 1 aromatic carbocycles. The largest absolute Gasteiger partial charge is 0.494 e. The summed E-state index contributed by atoms with van der Waals surface area (Å²) in [4.78, 5) is 2.40. The van der Waals surface area contributed by atoms with Crippen LogP contribution in [0.3, 0.4) is 0 Å². The molecule has 0 amide bonds. The van der Waals surface area contributed by atoms with Crippen LogP contribution in [-0.2, 0) is 0 Å². The first kappa shape index (κ1) is 12.7. The number of halogens is 1. The quantitative estimate of drug-likeness (QED) is 0.819. The third-order valence-corrected chi connectivity index (χ3v) is 3.26. The van der Waals surface area contributed by atoms with Gasteiger partial charge < -0.3 is 15.4 Å². The molecule has 2 rings (SSSR count). The Bertz CT molecular complexity index is 342. The Hall–Kier alpha value is -0.770. The molecular weight excluding hydrogens is 236 g/mol. The topological polar surface area (TPSA) is 38.5 Å². The first-order chi connectivity index (χ1) is 8.24. The number of rotatable bonds is 5. The molecule has 94 valence electrons. The van der Waals surface area contributed by atoms with Gasteiger partial charge in [-0.15, -0.1) is 0 Å². The van der Waals surface area contributed by atoms with Crippen molar-refractivity contribution in [3.63, 3.8) is 0 Å². The Morgan fingerprint density at radius 2 is 2.12 bits per heavy atom. The Balaban J connectivity index is 1.61. The van der Waals surface area contributed by atoms with Gasteiger partial charge in [0.05, 0.1) is 6.61 Å². The van der Waals surface area contributed by atoms with E-state index in [0.717, 1.165) is 49.9 Å². The molecule has 0 aromatic heterocycles. The average molecular weight is 255 g/mol. The van der Waals surface area contributed by atoms with Crippen LogP contribution in [0.25, 0.3) is 0 Å². The molecule has 1 saturated heterocycles. The van der Waals surface area contributed by atoms with Crippen molar-refractivity contribution >= 4 is 11.6 Å². The number of nitrogens with two attached hydrogens (primary N) is 1. The summed E-state index contributed by atoms with van der Waals surface area (Å²) in [5, 5.41) is 0.739. The molecule has 0 bridgehead atoms. The van der Waals surface area contributed by atoms with E-state index in [1.54, 1.807) is 0 Å². The minimum atomic E-state index is 0.368. The van der Waals surface area contributed by atoms with Crippen LogP contribution in [-0.4, -0.2) is 37.2 Å². The summed E-state index contributed by atoms with van der Waals surface area (Å²) in [6, 6.07) is 7.85. The van der Waals surface area contributed by atoms with E-state index in [9.17, 15) is 0 Å². The van der Waals surface area contributed by atoms with Crippen LogP contribution in [0.4, 0.5) is 0 Å². The summed E-state index contributed by atoms with van der Waals surface area (Å²) in [5.74, 6) is 0.882. The van der Waals surface area contributed by atoms with Crippen LogP contribution in [0.2, 0.25) is 5.02 Å². The fraction of sp³-hybridized carbons (Fsp3) is 0.538. The molecule has 0 radical (unpaired) electrons. The summed E-state index contributed by atoms with van der Waals surface area (Å²) in [6.45, 7) is 3.97. The highest BCUT2D eigenvalue weighted by Gasteiger charge is 2.17. The summed E-state index contributed by atoms with van der Waals surface area (Å²) >= 11 is 5.80. The first-order valence-corrected chi connectivity index (χ1v) is 6.48. The van der Waals surface area contributed by atoms with E-state index in [0.29, 0.717) is 6.04 Å². The van der Waals surface area contributed by atoms with E-state index in [2.05, 4.69) is 4.90 Å². The lowest BCUT2D eigenvalue weighted by Gasteiger charge is -2.15. The SMILES string of the molecule is N[C@H]1CCN(CCCOc2ccc(Cl)cc2)C1. The lowest BCUT2D eigenvalue weighted by atomic mass is 10.3. The van der Waals surface area contributed by atoms with Crippen LogP contribution in [0.1, 0.15) is 12.8 Å². The molecule has 0 saturated carbocycles. The molecule has 4 heteroatoms. The van der Waals surface area contributed by atoms with Crippen LogP contribution in [0.5, 0.6) is 5.75 Å². The third-order valence-electron chi connectivity index (χ3n) is 3.01. The smallest absolute Gasteiger partial charge is 0.119 e. The van der Waals surface area contributed by atoms with Gasteiger partial charge in [-0.1, -0.05) is 11.6 Å². The van der Waals surface area contributed by atoms with E-state index in [1.165, 1.54) is 0 Å². The van der Waals surface area contributed by atoms with E-state index in [-0.39, 0.29) is 0 Å². The van der Waals surface area contributed by atoms with Gasteiger partial charge in [0.1, 0.15) is 5.75 Å². The van der Waals surface area contributed by atoms with Crippen molar-refractivity contribution in [1.82, 2.24) is 4.90 Å². The second-order valence-electron chi connectivity index (χ2n) is 4.51. The average Bonchev–Trinajstić information content (AvgIpc) is 2.73. The summed E-state index contributed by atoms with van der Waals surface area (Å²) in [7, 11) is 0. The molecule has 3 nitrogen and oxygen atoms in total. The van der Waals surface area contributed by atoms with Gasteiger partial charge in [0.2, 0.25) is 0 Å². The first-order valence-electron chi connectivity index (χ1n) is 6.10. The van der Waals surface area contributed by atoms with Crippen LogP contribution in [0, 0.1) is 0 Å². The molecule has 0 aliphatic carbocycles. The number of benzene rings is 1. The second-order valence-corrected chi connectivity index (χ2v) is 4.94. The molecule has 0 spiro atoms.